The van der Waals surface area contributed by atoms with Crippen LogP contribution in [-0.2, 0) is 0 Å². The highest BCUT2D eigenvalue weighted by atomic mass is 32.1. The minimum absolute atomic E-state index is 0.128. The third-order valence-corrected chi connectivity index (χ3v) is 4.49. The van der Waals surface area contributed by atoms with Crippen LogP contribution >= 0.6 is 11.3 Å². The van der Waals surface area contributed by atoms with Crippen molar-refractivity contribution in [2.75, 3.05) is 6.54 Å². The summed E-state index contributed by atoms with van der Waals surface area (Å²) < 4.78 is 5.17. The van der Waals surface area contributed by atoms with E-state index < -0.39 is 0 Å². The second kappa shape index (κ2) is 5.84. The number of carbonyl (C=O) groups is 1. The number of pyridine rings is 1. The number of aromatic nitrogens is 3. The fourth-order valence-corrected chi connectivity index (χ4v) is 3.31. The zero-order valence-electron chi connectivity index (χ0n) is 12.6. The van der Waals surface area contributed by atoms with E-state index in [1.165, 1.54) is 11.3 Å². The van der Waals surface area contributed by atoms with Gasteiger partial charge in [0.05, 0.1) is 5.69 Å². The zero-order valence-corrected chi connectivity index (χ0v) is 13.4. The summed E-state index contributed by atoms with van der Waals surface area (Å²) >= 11 is 1.30. The Morgan fingerprint density at radius 1 is 1.45 bits per heavy atom. The number of rotatable bonds is 4. The quantitative estimate of drug-likeness (QED) is 0.800. The molecule has 0 saturated carbocycles. The van der Waals surface area contributed by atoms with Crippen LogP contribution in [0.15, 0.2) is 22.9 Å². The highest BCUT2D eigenvalue weighted by molar-refractivity contribution is 7.19. The maximum absolute atomic E-state index is 12.2. The summed E-state index contributed by atoms with van der Waals surface area (Å²) in [4.78, 5) is 21.5. The maximum Gasteiger partial charge on any atom is 0.280 e. The molecule has 0 bridgehead atoms. The van der Waals surface area contributed by atoms with Crippen LogP contribution in [0.2, 0.25) is 0 Å². The average Bonchev–Trinajstić information content (AvgIpc) is 3.08. The minimum Gasteiger partial charge on any atom is -0.361 e. The van der Waals surface area contributed by atoms with Gasteiger partial charge in [0.15, 0.2) is 5.01 Å². The molecule has 7 heteroatoms. The largest absolute Gasteiger partial charge is 0.361 e. The first kappa shape index (κ1) is 14.6. The molecule has 3 heterocycles. The molecular weight excluding hydrogens is 300 g/mol. The monoisotopic (exact) mass is 316 g/mol. The molecule has 0 aromatic carbocycles. The molecule has 0 saturated heterocycles. The molecule has 114 valence electrons. The third kappa shape index (κ3) is 2.71. The van der Waals surface area contributed by atoms with Crippen LogP contribution in [0, 0.1) is 13.8 Å². The Balaban J connectivity index is 1.69. The van der Waals surface area contributed by atoms with Gasteiger partial charge < -0.3 is 9.84 Å². The molecule has 1 N–H and O–H groups in total. The summed E-state index contributed by atoms with van der Waals surface area (Å²) in [5, 5.41) is 7.29. The first-order valence-corrected chi connectivity index (χ1v) is 7.80. The van der Waals surface area contributed by atoms with Gasteiger partial charge in [-0.2, -0.15) is 0 Å². The molecule has 6 nitrogen and oxygen atoms in total. The molecule has 22 heavy (non-hydrogen) atoms. The number of carbonyl (C=O) groups excluding carboxylic acids is 1. The van der Waals surface area contributed by atoms with Gasteiger partial charge in [-0.3, -0.25) is 4.79 Å². The molecule has 3 rings (SSSR count). The Labute approximate surface area is 131 Å². The van der Waals surface area contributed by atoms with Crippen molar-refractivity contribution in [3.8, 4) is 0 Å². The smallest absolute Gasteiger partial charge is 0.280 e. The Kier molecular flexibility index (Phi) is 3.89. The van der Waals surface area contributed by atoms with Crippen LogP contribution in [0.5, 0.6) is 0 Å². The van der Waals surface area contributed by atoms with Crippen LogP contribution in [0.25, 0.3) is 10.3 Å². The van der Waals surface area contributed by atoms with E-state index in [-0.39, 0.29) is 11.8 Å². The fraction of sp³-hybridized carbons (Fsp3) is 0.333. The predicted molar refractivity (Wildman–Crippen MR) is 84.1 cm³/mol. The first-order chi connectivity index (χ1) is 10.6. The number of amides is 1. The molecule has 0 spiro atoms. The molecule has 0 aliphatic rings. The summed E-state index contributed by atoms with van der Waals surface area (Å²) in [6.07, 6.45) is 1.70. The third-order valence-electron chi connectivity index (χ3n) is 3.51. The van der Waals surface area contributed by atoms with E-state index >= 15 is 0 Å². The first-order valence-electron chi connectivity index (χ1n) is 6.98. The average molecular weight is 316 g/mol. The second-order valence-electron chi connectivity index (χ2n) is 5.20. The van der Waals surface area contributed by atoms with Crippen LogP contribution in [0.1, 0.15) is 39.7 Å². The standard InChI is InChI=1S/C15H16N4O2S/c1-8(12-9(2)19-21-10(12)3)7-17-13(20)15-18-11-5-4-6-16-14(11)22-15/h4-6,8H,7H2,1-3H3,(H,17,20). The molecular formula is C15H16N4O2S. The lowest BCUT2D eigenvalue weighted by atomic mass is 9.99. The van der Waals surface area contributed by atoms with Crippen molar-refractivity contribution >= 4 is 27.6 Å². The normalized spacial score (nSPS) is 12.5. The van der Waals surface area contributed by atoms with E-state index in [1.54, 1.807) is 6.20 Å². The zero-order chi connectivity index (χ0) is 15.7. The van der Waals surface area contributed by atoms with Gasteiger partial charge in [0, 0.05) is 24.2 Å². The Morgan fingerprint density at radius 2 is 2.27 bits per heavy atom. The predicted octanol–water partition coefficient (Wildman–Crippen LogP) is 2.83. The van der Waals surface area contributed by atoms with Gasteiger partial charge in [-0.1, -0.05) is 23.4 Å². The van der Waals surface area contributed by atoms with Crippen LogP contribution in [-0.4, -0.2) is 27.6 Å². The lowest BCUT2D eigenvalue weighted by Crippen LogP contribution is -2.27. The molecule has 0 fully saturated rings. The Morgan fingerprint density at radius 3 is 2.95 bits per heavy atom. The van der Waals surface area contributed by atoms with Gasteiger partial charge in [-0.05, 0) is 26.0 Å². The summed E-state index contributed by atoms with van der Waals surface area (Å²) in [6, 6.07) is 3.66. The van der Waals surface area contributed by atoms with Gasteiger partial charge in [0.25, 0.3) is 5.91 Å². The Hall–Kier alpha value is -2.28. The van der Waals surface area contributed by atoms with Crippen molar-refractivity contribution < 1.29 is 9.32 Å². The number of aryl methyl sites for hydroxylation is 2. The Bertz CT molecular complexity index is 771. The molecule has 1 atom stereocenters. The van der Waals surface area contributed by atoms with Crippen molar-refractivity contribution in [3.05, 3.63) is 40.4 Å². The second-order valence-corrected chi connectivity index (χ2v) is 6.17. The van der Waals surface area contributed by atoms with E-state index in [4.69, 9.17) is 4.52 Å². The van der Waals surface area contributed by atoms with Crippen molar-refractivity contribution in [2.24, 2.45) is 0 Å². The fourth-order valence-electron chi connectivity index (χ4n) is 2.48. The summed E-state index contributed by atoms with van der Waals surface area (Å²) in [7, 11) is 0. The van der Waals surface area contributed by atoms with Crippen molar-refractivity contribution in [1.29, 1.82) is 0 Å². The lowest BCUT2D eigenvalue weighted by Gasteiger charge is -2.11. The lowest BCUT2D eigenvalue weighted by molar-refractivity contribution is 0.0951. The van der Waals surface area contributed by atoms with E-state index in [0.717, 1.165) is 27.4 Å². The topological polar surface area (TPSA) is 80.9 Å². The molecule has 1 unspecified atom stereocenters. The molecule has 3 aromatic rings. The number of nitrogens with zero attached hydrogens (tertiary/aromatic N) is 3. The van der Waals surface area contributed by atoms with Crippen molar-refractivity contribution in [3.63, 3.8) is 0 Å². The van der Waals surface area contributed by atoms with Crippen molar-refractivity contribution in [1.82, 2.24) is 20.4 Å². The number of nitrogens with one attached hydrogen (secondary N) is 1. The summed E-state index contributed by atoms with van der Waals surface area (Å²) in [5.41, 5.74) is 2.66. The number of fused-ring (bicyclic) bond motifs is 1. The molecule has 0 aliphatic carbocycles. The van der Waals surface area contributed by atoms with Gasteiger partial charge >= 0.3 is 0 Å². The van der Waals surface area contributed by atoms with E-state index in [2.05, 4.69) is 20.4 Å². The number of hydrogen-bond acceptors (Lipinski definition) is 6. The highest BCUT2D eigenvalue weighted by Crippen LogP contribution is 2.23. The summed E-state index contributed by atoms with van der Waals surface area (Å²) in [5.74, 6) is 0.743. The molecule has 0 aliphatic heterocycles. The summed E-state index contributed by atoms with van der Waals surface area (Å²) in [6.45, 7) is 6.33. The number of thiazole rings is 1. The van der Waals surface area contributed by atoms with Crippen LogP contribution < -0.4 is 5.32 Å². The van der Waals surface area contributed by atoms with Gasteiger partial charge in [0.1, 0.15) is 16.1 Å². The van der Waals surface area contributed by atoms with Gasteiger partial charge in [0.2, 0.25) is 0 Å². The van der Waals surface area contributed by atoms with Gasteiger partial charge in [-0.15, -0.1) is 0 Å². The van der Waals surface area contributed by atoms with Crippen molar-refractivity contribution in [2.45, 2.75) is 26.7 Å². The van der Waals surface area contributed by atoms with E-state index in [0.29, 0.717) is 11.6 Å². The highest BCUT2D eigenvalue weighted by Gasteiger charge is 2.18. The van der Waals surface area contributed by atoms with Crippen LogP contribution in [0.3, 0.4) is 0 Å². The van der Waals surface area contributed by atoms with Gasteiger partial charge in [-0.25, -0.2) is 9.97 Å². The molecule has 1 amide bonds. The molecule has 0 radical (unpaired) electrons. The number of hydrogen-bond donors (Lipinski definition) is 1. The maximum atomic E-state index is 12.2. The SMILES string of the molecule is Cc1noc(C)c1C(C)CNC(=O)c1nc2cccnc2s1. The van der Waals surface area contributed by atoms with E-state index in [9.17, 15) is 4.79 Å². The molecule has 3 aromatic heterocycles. The van der Waals surface area contributed by atoms with Crippen LogP contribution in [0.4, 0.5) is 0 Å². The van der Waals surface area contributed by atoms with E-state index in [1.807, 2.05) is 32.9 Å². The minimum atomic E-state index is -0.179.